The van der Waals surface area contributed by atoms with Crippen molar-refractivity contribution in [3.63, 3.8) is 0 Å². The van der Waals surface area contributed by atoms with Crippen LogP contribution >= 0.6 is 0 Å². The van der Waals surface area contributed by atoms with Gasteiger partial charge in [-0.1, -0.05) is 45.9 Å². The highest BCUT2D eigenvalue weighted by atomic mass is 16.7. The normalized spacial score (nSPS) is 33.6. The third-order valence-corrected chi connectivity index (χ3v) is 12.4. The van der Waals surface area contributed by atoms with E-state index >= 15 is 0 Å². The van der Waals surface area contributed by atoms with Crippen LogP contribution in [0.5, 0.6) is 17.2 Å². The molecule has 0 saturated carbocycles. The number of ketones is 1. The van der Waals surface area contributed by atoms with Gasteiger partial charge in [0.15, 0.2) is 11.4 Å². The van der Waals surface area contributed by atoms with E-state index in [-0.39, 0.29) is 55.4 Å². The summed E-state index contributed by atoms with van der Waals surface area (Å²) in [6.45, 7) is 14.2. The molecule has 1 saturated heterocycles. The van der Waals surface area contributed by atoms with Crippen LogP contribution in [0.25, 0.3) is 10.8 Å². The molecular formula is C43H56N4O11. The summed E-state index contributed by atoms with van der Waals surface area (Å²) in [6, 6.07) is 0. The van der Waals surface area contributed by atoms with E-state index in [1.165, 1.54) is 27.2 Å². The molecule has 0 aromatic heterocycles. The number of aliphatic hydroxyl groups excluding tert-OH is 2. The second kappa shape index (κ2) is 16.1. The number of phenols is 2. The molecule has 1 fully saturated rings. The largest absolute Gasteiger partial charge is 0.507 e. The number of anilines is 1. The predicted octanol–water partition coefficient (Wildman–Crippen LogP) is 3.72. The van der Waals surface area contributed by atoms with Crippen molar-refractivity contribution in [3.8, 4) is 17.2 Å². The number of hydrogen-bond acceptors (Lipinski definition) is 14. The van der Waals surface area contributed by atoms with Crippen LogP contribution in [0.15, 0.2) is 46.1 Å². The Kier molecular flexibility index (Phi) is 11.9. The van der Waals surface area contributed by atoms with Crippen LogP contribution < -0.4 is 20.8 Å². The summed E-state index contributed by atoms with van der Waals surface area (Å²) in [5, 5.41) is 49.9. The quantitative estimate of drug-likeness (QED) is 0.218. The molecule has 9 atom stereocenters. The van der Waals surface area contributed by atoms with Gasteiger partial charge in [-0.15, -0.1) is 0 Å². The van der Waals surface area contributed by atoms with Crippen LogP contribution in [-0.4, -0.2) is 106 Å². The minimum atomic E-state index is -1.95. The first-order chi connectivity index (χ1) is 27.3. The first-order valence-electron chi connectivity index (χ1n) is 19.8. The van der Waals surface area contributed by atoms with E-state index in [0.29, 0.717) is 25.9 Å². The van der Waals surface area contributed by atoms with Gasteiger partial charge < -0.3 is 49.6 Å². The number of aliphatic hydroxyl groups is 2. The second-order valence-electron chi connectivity index (χ2n) is 16.6. The number of nitrogens with zero attached hydrogens (tertiary/aromatic N) is 3. The van der Waals surface area contributed by atoms with Crippen LogP contribution in [0.1, 0.15) is 77.2 Å². The number of amides is 1. The number of Topliss-reactive ketones (excluding diaryl/α,β-unsaturated/α-hetero) is 1. The lowest BCUT2D eigenvalue weighted by molar-refractivity contribution is -0.160. The average molecular weight is 805 g/mol. The Hall–Kier alpha value is -4.83. The third-order valence-electron chi connectivity index (χ3n) is 12.4. The molecule has 1 spiro atoms. The van der Waals surface area contributed by atoms with E-state index < -0.39 is 82.9 Å². The SMILES string of the molecule is COC1/C=C\OC2(C)Oc3c(C)c(O)c4c(O)c(c5c(c4c3C2=O)=NC2(CCN(C)CC2)N=5)NC(=O)/C(C)=C/C=C\C(C)C(O)C(C)C(O)C(C)C(OC(C)=O)C1C. The van der Waals surface area contributed by atoms with Crippen LogP contribution in [0.4, 0.5) is 5.69 Å². The Morgan fingerprint density at radius 2 is 1.60 bits per heavy atom. The number of methoxy groups -OCH3 is 1. The number of esters is 1. The zero-order valence-electron chi connectivity index (χ0n) is 34.8. The number of rotatable bonds is 2. The highest BCUT2D eigenvalue weighted by Crippen LogP contribution is 2.50. The molecule has 4 aliphatic heterocycles. The van der Waals surface area contributed by atoms with Gasteiger partial charge in [0.2, 0.25) is 0 Å². The smallest absolute Gasteiger partial charge is 0.312 e. The van der Waals surface area contributed by atoms with Gasteiger partial charge in [-0.05, 0) is 27.0 Å². The Morgan fingerprint density at radius 1 is 0.948 bits per heavy atom. The molecule has 2 aromatic rings. The zero-order chi connectivity index (χ0) is 42.6. The molecule has 58 heavy (non-hydrogen) atoms. The van der Waals surface area contributed by atoms with Crippen molar-refractivity contribution in [2.75, 3.05) is 32.6 Å². The fourth-order valence-corrected chi connectivity index (χ4v) is 8.57. The lowest BCUT2D eigenvalue weighted by Crippen LogP contribution is -2.46. The second-order valence-corrected chi connectivity index (χ2v) is 16.6. The molecule has 0 radical (unpaired) electrons. The molecule has 15 nitrogen and oxygen atoms in total. The average Bonchev–Trinajstić information content (AvgIpc) is 3.69. The van der Waals surface area contributed by atoms with Gasteiger partial charge in [0, 0.05) is 87.1 Å². The van der Waals surface area contributed by atoms with E-state index in [2.05, 4.69) is 10.2 Å². The van der Waals surface area contributed by atoms with Crippen molar-refractivity contribution in [1.82, 2.24) is 4.90 Å². The highest BCUT2D eigenvalue weighted by Gasteiger charge is 2.50. The summed E-state index contributed by atoms with van der Waals surface area (Å²) in [7, 11) is 3.46. The van der Waals surface area contributed by atoms with Gasteiger partial charge in [0.05, 0.1) is 40.9 Å². The Balaban J connectivity index is 1.55. The number of phenolic OH excluding ortho intramolecular Hbond substituents is 2. The number of hydrogen-bond donors (Lipinski definition) is 5. The van der Waals surface area contributed by atoms with Crippen molar-refractivity contribution in [3.05, 3.63) is 58.0 Å². The standard InChI is InChI=1S/C43H56N4O11/c1-20-12-11-13-21(2)41(54)44-33-32-31(45-43(46-32)15-17-47(9)18-16-43)28-29(37(33)52)36(51)25(6)39-30(28)40(53)42(8,58-39)56-19-14-27(55-10)22(3)38(57-26(7)48)24(5)35(50)23(4)34(20)49/h11-14,19-20,22-24,27,34-35,38,49-52H,15-18H2,1-10H3,(H,44,54)/b12-11-,19-14-,21-13+. The van der Waals surface area contributed by atoms with E-state index in [9.17, 15) is 34.8 Å². The van der Waals surface area contributed by atoms with Gasteiger partial charge in [-0.2, -0.15) is 0 Å². The number of likely N-dealkylation sites (tertiary alicyclic amines) is 1. The van der Waals surface area contributed by atoms with E-state index in [0.717, 1.165) is 0 Å². The monoisotopic (exact) mass is 804 g/mol. The number of fused-ring (bicyclic) bond motifs is 1. The first-order valence-corrected chi connectivity index (χ1v) is 19.8. The summed E-state index contributed by atoms with van der Waals surface area (Å²) in [5.74, 6) is -6.90. The van der Waals surface area contributed by atoms with E-state index in [4.69, 9.17) is 28.9 Å². The maximum Gasteiger partial charge on any atom is 0.312 e. The number of carbonyl (C=O) groups excluding carboxylic acids is 3. The summed E-state index contributed by atoms with van der Waals surface area (Å²) >= 11 is 0. The Labute approximate surface area is 337 Å². The molecule has 4 aliphatic rings. The maximum atomic E-state index is 14.6. The van der Waals surface area contributed by atoms with Crippen molar-refractivity contribution < 1.29 is 53.8 Å². The highest BCUT2D eigenvalue weighted by molar-refractivity contribution is 6.19. The third kappa shape index (κ3) is 7.49. The van der Waals surface area contributed by atoms with Gasteiger partial charge in [-0.3, -0.25) is 24.4 Å². The molecule has 5 N–H and O–H groups in total. The number of piperidine rings is 1. The van der Waals surface area contributed by atoms with Crippen molar-refractivity contribution in [1.29, 1.82) is 0 Å². The molecule has 1 amide bonds. The number of carbonyl (C=O) groups is 3. The number of nitrogens with one attached hydrogen (secondary N) is 1. The molecule has 0 aliphatic carbocycles. The fourth-order valence-electron chi connectivity index (χ4n) is 8.57. The number of benzene rings is 2. The van der Waals surface area contributed by atoms with E-state index in [1.54, 1.807) is 65.8 Å². The van der Waals surface area contributed by atoms with Crippen molar-refractivity contribution in [2.45, 2.75) is 104 Å². The summed E-state index contributed by atoms with van der Waals surface area (Å²) in [6.07, 6.45) is 4.99. The van der Waals surface area contributed by atoms with Crippen LogP contribution in [0, 0.1) is 30.6 Å². The molecule has 15 heteroatoms. The van der Waals surface area contributed by atoms with Crippen molar-refractivity contribution in [2.24, 2.45) is 33.7 Å². The predicted molar refractivity (Wildman–Crippen MR) is 214 cm³/mol. The maximum absolute atomic E-state index is 14.6. The lowest BCUT2D eigenvalue weighted by Gasteiger charge is -2.38. The lowest BCUT2D eigenvalue weighted by atomic mass is 9.78. The van der Waals surface area contributed by atoms with Crippen molar-refractivity contribution >= 4 is 34.1 Å². The molecular weight excluding hydrogens is 748 g/mol. The van der Waals surface area contributed by atoms with E-state index in [1.807, 2.05) is 7.05 Å². The molecule has 4 bridgehead atoms. The first kappa shape index (κ1) is 42.8. The zero-order valence-corrected chi connectivity index (χ0v) is 34.8. The Bertz CT molecular complexity index is 2230. The minimum Gasteiger partial charge on any atom is -0.507 e. The van der Waals surface area contributed by atoms with Gasteiger partial charge in [0.25, 0.3) is 11.7 Å². The fraction of sp³-hybridized carbons (Fsp3) is 0.558. The Morgan fingerprint density at radius 3 is 2.24 bits per heavy atom. The topological polar surface area (TPSA) is 209 Å². The summed E-state index contributed by atoms with van der Waals surface area (Å²) < 4.78 is 23.9. The number of aromatic hydroxyl groups is 2. The molecule has 4 heterocycles. The number of allylic oxidation sites excluding steroid dienone is 2. The molecule has 2 aromatic carbocycles. The molecule has 314 valence electrons. The van der Waals surface area contributed by atoms with Gasteiger partial charge in [-0.25, -0.2) is 0 Å². The summed E-state index contributed by atoms with van der Waals surface area (Å²) in [4.78, 5) is 53.1. The van der Waals surface area contributed by atoms with Crippen LogP contribution in [0.3, 0.4) is 0 Å². The van der Waals surface area contributed by atoms with Gasteiger partial charge in [0.1, 0.15) is 28.6 Å². The molecule has 6 rings (SSSR count). The van der Waals surface area contributed by atoms with Crippen LogP contribution in [-0.2, 0) is 23.8 Å². The number of ether oxygens (including phenoxy) is 4. The van der Waals surface area contributed by atoms with Gasteiger partial charge >= 0.3 is 11.8 Å². The van der Waals surface area contributed by atoms with Crippen LogP contribution in [0.2, 0.25) is 0 Å². The minimum absolute atomic E-state index is 0.0324. The summed E-state index contributed by atoms with van der Waals surface area (Å²) in [5.41, 5.74) is -0.573. The molecule has 9 unspecified atom stereocenters.